The average molecular weight is 361 g/mol. The number of rotatable bonds is 9. The Morgan fingerprint density at radius 3 is 2.42 bits per heavy atom. The van der Waals surface area contributed by atoms with Gasteiger partial charge in [0.2, 0.25) is 0 Å². The second kappa shape index (κ2) is 9.47. The van der Waals surface area contributed by atoms with Crippen molar-refractivity contribution in [2.45, 2.75) is 6.92 Å². The molecule has 1 aromatic heterocycles. The molecule has 0 radical (unpaired) electrons. The molecule has 2 rings (SSSR count). The van der Waals surface area contributed by atoms with Crippen LogP contribution in [0.25, 0.3) is 0 Å². The third-order valence-corrected chi connectivity index (χ3v) is 3.60. The molecule has 0 aliphatic carbocycles. The number of amides is 2. The summed E-state index contributed by atoms with van der Waals surface area (Å²) < 4.78 is 15.6. The van der Waals surface area contributed by atoms with Crippen molar-refractivity contribution in [3.63, 3.8) is 0 Å². The van der Waals surface area contributed by atoms with Gasteiger partial charge >= 0.3 is 0 Å². The molecule has 2 amide bonds. The third kappa shape index (κ3) is 4.76. The molecule has 140 valence electrons. The number of likely N-dealkylation sites (N-methyl/N-ethyl adjacent to an activating group) is 1. The van der Waals surface area contributed by atoms with E-state index in [1.807, 2.05) is 6.92 Å². The molecular formula is C18H23N3O5. The number of hydrogen-bond donors (Lipinski definition) is 3. The minimum atomic E-state index is -0.469. The Kier molecular flexibility index (Phi) is 7.04. The van der Waals surface area contributed by atoms with E-state index >= 15 is 0 Å². The van der Waals surface area contributed by atoms with Gasteiger partial charge in [0.1, 0.15) is 0 Å². The summed E-state index contributed by atoms with van der Waals surface area (Å²) in [5.41, 5.74) is 0.559. The molecule has 0 aliphatic heterocycles. The Bertz CT molecular complexity index is 744. The lowest BCUT2D eigenvalue weighted by molar-refractivity contribution is 0.0954. The van der Waals surface area contributed by atoms with E-state index in [1.54, 1.807) is 12.1 Å². The van der Waals surface area contributed by atoms with Crippen molar-refractivity contribution in [1.82, 2.24) is 10.6 Å². The van der Waals surface area contributed by atoms with Gasteiger partial charge < -0.3 is 29.8 Å². The SMILES string of the molecule is CCNCCNC(=O)c1cc(OC)c(OC)cc1NC(=O)c1ccco1. The van der Waals surface area contributed by atoms with E-state index in [1.165, 1.54) is 32.6 Å². The van der Waals surface area contributed by atoms with Crippen LogP contribution in [0.2, 0.25) is 0 Å². The molecule has 0 spiro atoms. The average Bonchev–Trinajstić information content (AvgIpc) is 3.19. The first-order valence-corrected chi connectivity index (χ1v) is 8.20. The first kappa shape index (κ1) is 19.3. The minimum absolute atomic E-state index is 0.137. The zero-order valence-corrected chi connectivity index (χ0v) is 15.0. The van der Waals surface area contributed by atoms with Crippen molar-refractivity contribution in [2.75, 3.05) is 39.2 Å². The predicted octanol–water partition coefficient (Wildman–Crippen LogP) is 1.89. The Morgan fingerprint density at radius 1 is 1.08 bits per heavy atom. The lowest BCUT2D eigenvalue weighted by Crippen LogP contribution is -2.32. The van der Waals surface area contributed by atoms with Crippen LogP contribution in [0.3, 0.4) is 0 Å². The summed E-state index contributed by atoms with van der Waals surface area (Å²) in [5.74, 6) is 0.118. The van der Waals surface area contributed by atoms with Gasteiger partial charge in [-0.25, -0.2) is 0 Å². The fraction of sp³-hybridized carbons (Fsp3) is 0.333. The van der Waals surface area contributed by atoms with Crippen LogP contribution in [0.5, 0.6) is 11.5 Å². The number of hydrogen-bond acceptors (Lipinski definition) is 6. The highest BCUT2D eigenvalue weighted by Crippen LogP contribution is 2.33. The molecule has 0 atom stereocenters. The first-order chi connectivity index (χ1) is 12.6. The molecule has 2 aromatic rings. The molecule has 1 heterocycles. The number of benzene rings is 1. The molecule has 8 nitrogen and oxygen atoms in total. The molecule has 3 N–H and O–H groups in total. The summed E-state index contributed by atoms with van der Waals surface area (Å²) in [5, 5.41) is 8.59. The normalized spacial score (nSPS) is 10.3. The fourth-order valence-electron chi connectivity index (χ4n) is 2.30. The van der Waals surface area contributed by atoms with Gasteiger partial charge in [0.15, 0.2) is 17.3 Å². The second-order valence-electron chi connectivity index (χ2n) is 5.29. The molecular weight excluding hydrogens is 338 g/mol. The quantitative estimate of drug-likeness (QED) is 0.590. The van der Waals surface area contributed by atoms with Gasteiger partial charge in [-0.15, -0.1) is 0 Å². The summed E-state index contributed by atoms with van der Waals surface area (Å²) in [6.45, 7) is 3.89. The first-order valence-electron chi connectivity index (χ1n) is 8.20. The highest BCUT2D eigenvalue weighted by Gasteiger charge is 2.19. The maximum atomic E-state index is 12.6. The summed E-state index contributed by atoms with van der Waals surface area (Å²) in [6.07, 6.45) is 1.40. The van der Waals surface area contributed by atoms with Gasteiger partial charge in [-0.05, 0) is 24.7 Å². The molecule has 0 saturated carbocycles. The van der Waals surface area contributed by atoms with Gasteiger partial charge in [-0.1, -0.05) is 6.92 Å². The molecule has 0 fully saturated rings. The number of carbonyl (C=O) groups is 2. The maximum Gasteiger partial charge on any atom is 0.291 e. The molecule has 1 aromatic carbocycles. The Balaban J connectivity index is 2.27. The highest BCUT2D eigenvalue weighted by molar-refractivity contribution is 6.08. The number of furan rings is 1. The van der Waals surface area contributed by atoms with Crippen LogP contribution in [0.1, 0.15) is 27.8 Å². The summed E-state index contributed by atoms with van der Waals surface area (Å²) in [6, 6.07) is 6.21. The van der Waals surface area contributed by atoms with Crippen molar-refractivity contribution in [1.29, 1.82) is 0 Å². The number of anilines is 1. The van der Waals surface area contributed by atoms with E-state index in [4.69, 9.17) is 13.9 Å². The molecule has 0 saturated heterocycles. The van der Waals surface area contributed by atoms with Crippen molar-refractivity contribution in [3.05, 3.63) is 41.9 Å². The van der Waals surface area contributed by atoms with Crippen LogP contribution < -0.4 is 25.4 Å². The Morgan fingerprint density at radius 2 is 1.81 bits per heavy atom. The number of methoxy groups -OCH3 is 2. The lowest BCUT2D eigenvalue weighted by atomic mass is 10.1. The number of carbonyl (C=O) groups excluding carboxylic acids is 2. The largest absolute Gasteiger partial charge is 0.493 e. The van der Waals surface area contributed by atoms with Gasteiger partial charge in [-0.2, -0.15) is 0 Å². The monoisotopic (exact) mass is 361 g/mol. The predicted molar refractivity (Wildman–Crippen MR) is 97.1 cm³/mol. The van der Waals surface area contributed by atoms with Crippen LogP contribution in [-0.4, -0.2) is 45.7 Å². The molecule has 0 aliphatic rings. The van der Waals surface area contributed by atoms with E-state index in [2.05, 4.69) is 16.0 Å². The minimum Gasteiger partial charge on any atom is -0.493 e. The van der Waals surface area contributed by atoms with Crippen LogP contribution in [0.4, 0.5) is 5.69 Å². The second-order valence-corrected chi connectivity index (χ2v) is 5.29. The van der Waals surface area contributed by atoms with E-state index in [9.17, 15) is 9.59 Å². The van der Waals surface area contributed by atoms with Crippen molar-refractivity contribution in [2.24, 2.45) is 0 Å². The highest BCUT2D eigenvalue weighted by atomic mass is 16.5. The zero-order chi connectivity index (χ0) is 18.9. The summed E-state index contributed by atoms with van der Waals surface area (Å²) in [4.78, 5) is 24.8. The van der Waals surface area contributed by atoms with Crippen molar-refractivity contribution in [3.8, 4) is 11.5 Å². The van der Waals surface area contributed by atoms with Gasteiger partial charge in [-0.3, -0.25) is 9.59 Å². The zero-order valence-electron chi connectivity index (χ0n) is 15.0. The van der Waals surface area contributed by atoms with Gasteiger partial charge in [0.25, 0.3) is 11.8 Å². The third-order valence-electron chi connectivity index (χ3n) is 3.60. The van der Waals surface area contributed by atoms with E-state index < -0.39 is 5.91 Å². The smallest absolute Gasteiger partial charge is 0.291 e. The number of nitrogens with one attached hydrogen (secondary N) is 3. The lowest BCUT2D eigenvalue weighted by Gasteiger charge is -2.15. The molecule has 0 unspecified atom stereocenters. The summed E-state index contributed by atoms with van der Waals surface area (Å²) in [7, 11) is 2.96. The topological polar surface area (TPSA) is 102 Å². The Hall–Kier alpha value is -3.00. The summed E-state index contributed by atoms with van der Waals surface area (Å²) >= 11 is 0. The van der Waals surface area contributed by atoms with E-state index in [-0.39, 0.29) is 17.2 Å². The van der Waals surface area contributed by atoms with Crippen LogP contribution in [-0.2, 0) is 0 Å². The fourth-order valence-corrected chi connectivity index (χ4v) is 2.30. The Labute approximate surface area is 151 Å². The van der Waals surface area contributed by atoms with Gasteiger partial charge in [0, 0.05) is 19.2 Å². The van der Waals surface area contributed by atoms with E-state index in [0.29, 0.717) is 30.3 Å². The van der Waals surface area contributed by atoms with Crippen LogP contribution in [0, 0.1) is 0 Å². The molecule has 26 heavy (non-hydrogen) atoms. The maximum absolute atomic E-state index is 12.6. The van der Waals surface area contributed by atoms with Crippen molar-refractivity contribution < 1.29 is 23.5 Å². The standard InChI is InChI=1S/C18H23N3O5/c1-4-19-7-8-20-17(22)12-10-15(24-2)16(25-3)11-13(12)21-18(23)14-6-5-9-26-14/h5-6,9-11,19H,4,7-8H2,1-3H3,(H,20,22)(H,21,23). The van der Waals surface area contributed by atoms with Crippen molar-refractivity contribution >= 4 is 17.5 Å². The van der Waals surface area contributed by atoms with Gasteiger partial charge in [0.05, 0.1) is 31.7 Å². The molecule has 8 heteroatoms. The van der Waals surface area contributed by atoms with Crippen LogP contribution >= 0.6 is 0 Å². The molecule has 0 bridgehead atoms. The number of ether oxygens (including phenoxy) is 2. The van der Waals surface area contributed by atoms with E-state index in [0.717, 1.165) is 6.54 Å². The van der Waals surface area contributed by atoms with Crippen LogP contribution in [0.15, 0.2) is 34.9 Å².